The molecule has 0 saturated heterocycles. The molecule has 5 rings (SSSR count). The number of nitrogens with one attached hydrogen (secondary N) is 2. The van der Waals surface area contributed by atoms with Crippen LogP contribution in [0, 0.1) is 5.92 Å². The summed E-state index contributed by atoms with van der Waals surface area (Å²) in [5, 5.41) is 16.3. The summed E-state index contributed by atoms with van der Waals surface area (Å²) in [5.74, 6) is -1.76. The molecule has 186 valence electrons. The summed E-state index contributed by atoms with van der Waals surface area (Å²) in [5.41, 5.74) is 2.44. The summed E-state index contributed by atoms with van der Waals surface area (Å²) in [6.45, 7) is 1.59. The van der Waals surface area contributed by atoms with Gasteiger partial charge in [0.1, 0.15) is 5.54 Å². The predicted octanol–water partition coefficient (Wildman–Crippen LogP) is 5.92. The van der Waals surface area contributed by atoms with Gasteiger partial charge >= 0.3 is 5.97 Å². The van der Waals surface area contributed by atoms with Crippen LogP contribution in [0.2, 0.25) is 0 Å². The molecule has 1 heterocycles. The Bertz CT molecular complexity index is 1550. The number of aromatic nitrogens is 1. The monoisotopic (exact) mass is 490 g/mol. The maximum absolute atomic E-state index is 13.8. The molecule has 5 aromatic rings. The summed E-state index contributed by atoms with van der Waals surface area (Å²) in [6, 6.07) is 31.9. The van der Waals surface area contributed by atoms with Crippen molar-refractivity contribution in [2.24, 2.45) is 5.92 Å². The summed E-state index contributed by atoms with van der Waals surface area (Å²) in [7, 11) is 0. The predicted molar refractivity (Wildman–Crippen MR) is 147 cm³/mol. The third-order valence-corrected chi connectivity index (χ3v) is 7.13. The molecule has 37 heavy (non-hydrogen) atoms. The van der Waals surface area contributed by atoms with E-state index in [0.29, 0.717) is 12.8 Å². The van der Waals surface area contributed by atoms with Crippen molar-refractivity contribution in [1.82, 2.24) is 10.3 Å². The van der Waals surface area contributed by atoms with Gasteiger partial charge in [0.25, 0.3) is 0 Å². The second-order valence-corrected chi connectivity index (χ2v) is 9.89. The van der Waals surface area contributed by atoms with E-state index in [4.69, 9.17) is 0 Å². The first-order valence-electron chi connectivity index (χ1n) is 12.5. The highest BCUT2D eigenvalue weighted by Crippen LogP contribution is 2.26. The van der Waals surface area contributed by atoms with E-state index in [1.54, 1.807) is 6.92 Å². The Morgan fingerprint density at radius 3 is 2.27 bits per heavy atom. The Balaban J connectivity index is 1.45. The molecular weight excluding hydrogens is 460 g/mol. The quantitative estimate of drug-likeness (QED) is 0.240. The first-order valence-corrected chi connectivity index (χ1v) is 12.5. The van der Waals surface area contributed by atoms with Crippen molar-refractivity contribution < 1.29 is 14.7 Å². The number of hydrogen-bond donors (Lipinski definition) is 3. The van der Waals surface area contributed by atoms with E-state index in [1.807, 2.05) is 79.0 Å². The Morgan fingerprint density at radius 2 is 1.49 bits per heavy atom. The molecule has 2 atom stereocenters. The van der Waals surface area contributed by atoms with Crippen molar-refractivity contribution in [2.45, 2.75) is 31.7 Å². The number of carbonyl (C=O) groups is 2. The van der Waals surface area contributed by atoms with Crippen molar-refractivity contribution >= 4 is 33.6 Å². The molecule has 0 aliphatic heterocycles. The average molecular weight is 491 g/mol. The van der Waals surface area contributed by atoms with Crippen molar-refractivity contribution in [3.8, 4) is 0 Å². The third-order valence-electron chi connectivity index (χ3n) is 7.13. The molecule has 3 N–H and O–H groups in total. The first-order chi connectivity index (χ1) is 17.9. The minimum absolute atomic E-state index is 0.171. The van der Waals surface area contributed by atoms with Gasteiger partial charge < -0.3 is 15.4 Å². The number of benzene rings is 4. The molecule has 1 amide bonds. The fraction of sp³-hybridized carbons (Fsp3) is 0.188. The maximum Gasteiger partial charge on any atom is 0.329 e. The summed E-state index contributed by atoms with van der Waals surface area (Å²) in [6.07, 6.45) is 3.02. The van der Waals surface area contributed by atoms with Crippen LogP contribution in [-0.4, -0.2) is 27.5 Å². The van der Waals surface area contributed by atoms with Gasteiger partial charge in [-0.05, 0) is 53.3 Å². The molecule has 0 aliphatic carbocycles. The molecule has 0 spiro atoms. The van der Waals surface area contributed by atoms with Crippen molar-refractivity contribution in [3.05, 3.63) is 120 Å². The molecule has 0 aliphatic rings. The molecule has 0 bridgehead atoms. The van der Waals surface area contributed by atoms with Gasteiger partial charge in [-0.1, -0.05) is 91.0 Å². The second-order valence-electron chi connectivity index (χ2n) is 9.89. The van der Waals surface area contributed by atoms with Crippen LogP contribution in [0.4, 0.5) is 0 Å². The number of fused-ring (bicyclic) bond motifs is 2. The molecule has 1 aromatic heterocycles. The zero-order chi connectivity index (χ0) is 25.8. The minimum Gasteiger partial charge on any atom is -0.480 e. The third kappa shape index (κ3) is 5.26. The van der Waals surface area contributed by atoms with Crippen LogP contribution in [-0.2, 0) is 28.9 Å². The SMILES string of the molecule is CC(Cc1c[nH]c2ccccc12)(NC(=O)C(Cc1ccccc1)Cc1cccc2ccccc12)C(=O)O. The molecule has 5 heteroatoms. The van der Waals surface area contributed by atoms with E-state index in [1.165, 1.54) is 0 Å². The second kappa shape index (κ2) is 10.3. The molecule has 5 nitrogen and oxygen atoms in total. The summed E-state index contributed by atoms with van der Waals surface area (Å²) >= 11 is 0. The Kier molecular flexibility index (Phi) is 6.78. The number of H-pyrrole nitrogens is 1. The van der Waals surface area contributed by atoms with Gasteiger partial charge in [0, 0.05) is 29.4 Å². The highest BCUT2D eigenvalue weighted by atomic mass is 16.4. The number of hydrogen-bond acceptors (Lipinski definition) is 2. The van der Waals surface area contributed by atoms with E-state index in [9.17, 15) is 14.7 Å². The maximum atomic E-state index is 13.8. The lowest BCUT2D eigenvalue weighted by Crippen LogP contribution is -2.55. The number of carboxylic acid groups (broad SMARTS) is 1. The number of carboxylic acids is 1. The Hall–Kier alpha value is -4.38. The molecule has 4 aromatic carbocycles. The van der Waals surface area contributed by atoms with E-state index in [0.717, 1.165) is 38.4 Å². The summed E-state index contributed by atoms with van der Waals surface area (Å²) < 4.78 is 0. The fourth-order valence-corrected chi connectivity index (χ4v) is 5.10. The normalized spacial score (nSPS) is 13.8. The Morgan fingerprint density at radius 1 is 0.811 bits per heavy atom. The van der Waals surface area contributed by atoms with Crippen LogP contribution in [0.5, 0.6) is 0 Å². The number of carbonyl (C=O) groups excluding carboxylic acids is 1. The topological polar surface area (TPSA) is 82.2 Å². The number of aromatic amines is 1. The van der Waals surface area contributed by atoms with E-state index in [-0.39, 0.29) is 12.3 Å². The zero-order valence-electron chi connectivity index (χ0n) is 20.8. The highest BCUT2D eigenvalue weighted by molar-refractivity contribution is 5.91. The van der Waals surface area contributed by atoms with Gasteiger partial charge in [0.15, 0.2) is 0 Å². The van der Waals surface area contributed by atoms with E-state index < -0.39 is 17.4 Å². The van der Waals surface area contributed by atoms with Crippen LogP contribution >= 0.6 is 0 Å². The largest absolute Gasteiger partial charge is 0.480 e. The van der Waals surface area contributed by atoms with Crippen molar-refractivity contribution in [1.29, 1.82) is 0 Å². The summed E-state index contributed by atoms with van der Waals surface area (Å²) in [4.78, 5) is 29.5. The number of amides is 1. The lowest BCUT2D eigenvalue weighted by molar-refractivity contribution is -0.147. The number of para-hydroxylation sites is 1. The molecule has 0 saturated carbocycles. The zero-order valence-corrected chi connectivity index (χ0v) is 20.8. The molecule has 0 radical (unpaired) electrons. The fourth-order valence-electron chi connectivity index (χ4n) is 5.10. The minimum atomic E-state index is -1.46. The standard InChI is InChI=1S/C32H30N2O3/c1-32(31(36)37,20-26-21-33-29-17-8-7-16-28(26)29)34-30(35)25(18-22-10-3-2-4-11-22)19-24-14-9-13-23-12-5-6-15-27(23)24/h2-17,21,25,33H,18-20H2,1H3,(H,34,35)(H,36,37). The van der Waals surface area contributed by atoms with Crippen LogP contribution in [0.3, 0.4) is 0 Å². The first kappa shape index (κ1) is 24.3. The lowest BCUT2D eigenvalue weighted by Gasteiger charge is -2.29. The van der Waals surface area contributed by atoms with E-state index in [2.05, 4.69) is 34.6 Å². The Labute approximate surface area is 216 Å². The molecule has 0 fully saturated rings. The van der Waals surface area contributed by atoms with Crippen LogP contribution < -0.4 is 5.32 Å². The smallest absolute Gasteiger partial charge is 0.329 e. The van der Waals surface area contributed by atoms with Gasteiger partial charge in [-0.15, -0.1) is 0 Å². The lowest BCUT2D eigenvalue weighted by atomic mass is 9.87. The van der Waals surface area contributed by atoms with Crippen molar-refractivity contribution in [3.63, 3.8) is 0 Å². The van der Waals surface area contributed by atoms with Gasteiger partial charge in [-0.25, -0.2) is 4.79 Å². The van der Waals surface area contributed by atoms with E-state index >= 15 is 0 Å². The van der Waals surface area contributed by atoms with Gasteiger partial charge in [-0.3, -0.25) is 4.79 Å². The number of aliphatic carboxylic acids is 1. The van der Waals surface area contributed by atoms with Crippen molar-refractivity contribution in [2.75, 3.05) is 0 Å². The van der Waals surface area contributed by atoms with Gasteiger partial charge in [0.2, 0.25) is 5.91 Å². The van der Waals surface area contributed by atoms with Gasteiger partial charge in [-0.2, -0.15) is 0 Å². The van der Waals surface area contributed by atoms with Crippen LogP contribution in [0.1, 0.15) is 23.6 Å². The van der Waals surface area contributed by atoms with Crippen LogP contribution in [0.25, 0.3) is 21.7 Å². The van der Waals surface area contributed by atoms with Crippen LogP contribution in [0.15, 0.2) is 103 Å². The molecular formula is C32H30N2O3. The van der Waals surface area contributed by atoms with Gasteiger partial charge in [0.05, 0.1) is 0 Å². The average Bonchev–Trinajstić information content (AvgIpc) is 3.31. The molecule has 2 unspecified atom stereocenters. The number of rotatable bonds is 9. The highest BCUT2D eigenvalue weighted by Gasteiger charge is 2.37.